The molecule has 198 valence electrons. The van der Waals surface area contributed by atoms with Gasteiger partial charge < -0.3 is 25.2 Å². The highest BCUT2D eigenvalue weighted by Crippen LogP contribution is 2.37. The van der Waals surface area contributed by atoms with Crippen LogP contribution < -0.4 is 20.1 Å². The van der Waals surface area contributed by atoms with Crippen molar-refractivity contribution in [3.8, 4) is 11.5 Å². The van der Waals surface area contributed by atoms with Crippen molar-refractivity contribution in [3.63, 3.8) is 0 Å². The van der Waals surface area contributed by atoms with Crippen LogP contribution in [0.1, 0.15) is 31.5 Å². The van der Waals surface area contributed by atoms with Gasteiger partial charge in [-0.3, -0.25) is 9.59 Å². The molecule has 1 atom stereocenters. The smallest absolute Gasteiger partial charge is 0.335 e. The van der Waals surface area contributed by atoms with E-state index in [1.807, 2.05) is 36.4 Å². The van der Waals surface area contributed by atoms with Crippen LogP contribution in [0.25, 0.3) is 0 Å². The van der Waals surface area contributed by atoms with Crippen molar-refractivity contribution >= 4 is 40.9 Å². The van der Waals surface area contributed by atoms with Gasteiger partial charge in [0.1, 0.15) is 5.25 Å². The number of carbonyl (C=O) groups excluding carboxylic acids is 2. The lowest BCUT2D eigenvalue weighted by Crippen LogP contribution is -2.19. The Balaban J connectivity index is 1.52. The first-order chi connectivity index (χ1) is 18.9. The highest BCUT2D eigenvalue weighted by Gasteiger charge is 2.23. The summed E-state index contributed by atoms with van der Waals surface area (Å²) in [7, 11) is 3.03. The van der Waals surface area contributed by atoms with Gasteiger partial charge in [-0.2, -0.15) is 0 Å². The number of methoxy groups -OCH3 is 2. The lowest BCUT2D eigenvalue weighted by atomic mass is 10.1. The molecule has 0 heterocycles. The normalized spacial score (nSPS) is 11.2. The standard InChI is InChI=1S/C30H26N2O6S/c1-37-25-16-13-21(17-26(25)38-2)28(33)32-23-9-6-10-24(18-23)39-27(19-7-4-3-5-8-19)29(34)31-22-14-11-20(12-15-22)30(35)36/h3-18,27H,1-2H3,(H,31,34)(H,32,33)(H,35,36). The number of amides is 2. The molecule has 0 fully saturated rings. The molecule has 39 heavy (non-hydrogen) atoms. The number of carbonyl (C=O) groups is 3. The summed E-state index contributed by atoms with van der Waals surface area (Å²) >= 11 is 1.33. The Kier molecular flexibility index (Phi) is 8.86. The van der Waals surface area contributed by atoms with E-state index in [1.54, 1.807) is 48.5 Å². The number of rotatable bonds is 10. The summed E-state index contributed by atoms with van der Waals surface area (Å²) in [6, 6.07) is 27.5. The molecule has 9 heteroatoms. The fourth-order valence-corrected chi connectivity index (χ4v) is 4.85. The second kappa shape index (κ2) is 12.7. The Morgan fingerprint density at radius 3 is 2.08 bits per heavy atom. The van der Waals surface area contributed by atoms with E-state index in [9.17, 15) is 14.4 Å². The van der Waals surface area contributed by atoms with Gasteiger partial charge in [0, 0.05) is 21.8 Å². The molecular formula is C30H26N2O6S. The third-order valence-corrected chi connectivity index (χ3v) is 6.98. The Hall–Kier alpha value is -4.76. The van der Waals surface area contributed by atoms with Crippen LogP contribution in [0.4, 0.5) is 11.4 Å². The van der Waals surface area contributed by atoms with Crippen molar-refractivity contribution in [1.82, 2.24) is 0 Å². The van der Waals surface area contributed by atoms with Crippen molar-refractivity contribution < 1.29 is 29.0 Å². The fourth-order valence-electron chi connectivity index (χ4n) is 3.77. The summed E-state index contributed by atoms with van der Waals surface area (Å²) in [4.78, 5) is 38.2. The molecule has 0 radical (unpaired) electrons. The minimum absolute atomic E-state index is 0.133. The average molecular weight is 543 g/mol. The minimum Gasteiger partial charge on any atom is -0.493 e. The molecule has 0 bridgehead atoms. The zero-order chi connectivity index (χ0) is 27.8. The molecule has 0 aliphatic rings. The predicted molar refractivity (Wildman–Crippen MR) is 151 cm³/mol. The van der Waals surface area contributed by atoms with Gasteiger partial charge in [0.25, 0.3) is 5.91 Å². The molecule has 0 saturated carbocycles. The first-order valence-corrected chi connectivity index (χ1v) is 12.7. The molecule has 3 N–H and O–H groups in total. The average Bonchev–Trinajstić information content (AvgIpc) is 2.96. The van der Waals surface area contributed by atoms with Crippen molar-refractivity contribution in [2.24, 2.45) is 0 Å². The van der Waals surface area contributed by atoms with Gasteiger partial charge in [0.15, 0.2) is 11.5 Å². The maximum Gasteiger partial charge on any atom is 0.335 e. The zero-order valence-electron chi connectivity index (χ0n) is 21.2. The number of carboxylic acid groups (broad SMARTS) is 1. The fraction of sp³-hybridized carbons (Fsp3) is 0.100. The summed E-state index contributed by atoms with van der Waals surface area (Å²) in [6.07, 6.45) is 0. The monoisotopic (exact) mass is 542 g/mol. The molecule has 0 aliphatic carbocycles. The molecule has 4 aromatic carbocycles. The number of hydrogen-bond donors (Lipinski definition) is 3. The van der Waals surface area contributed by atoms with Crippen LogP contribution in [0, 0.1) is 0 Å². The summed E-state index contributed by atoms with van der Waals surface area (Å²) in [5, 5.41) is 14.3. The summed E-state index contributed by atoms with van der Waals surface area (Å²) in [5.41, 5.74) is 2.38. The quantitative estimate of drug-likeness (QED) is 0.207. The van der Waals surface area contributed by atoms with E-state index in [0.29, 0.717) is 28.4 Å². The predicted octanol–water partition coefficient (Wildman–Crippen LogP) is 6.13. The lowest BCUT2D eigenvalue weighted by molar-refractivity contribution is -0.115. The number of anilines is 2. The van der Waals surface area contributed by atoms with Crippen LogP contribution in [0.15, 0.2) is 102 Å². The Labute approximate surface area is 230 Å². The van der Waals surface area contributed by atoms with Crippen LogP contribution in [-0.4, -0.2) is 37.1 Å². The molecule has 1 unspecified atom stereocenters. The van der Waals surface area contributed by atoms with E-state index in [2.05, 4.69) is 10.6 Å². The highest BCUT2D eigenvalue weighted by molar-refractivity contribution is 8.00. The van der Waals surface area contributed by atoms with E-state index >= 15 is 0 Å². The SMILES string of the molecule is COc1ccc(C(=O)Nc2cccc(SC(C(=O)Nc3ccc(C(=O)O)cc3)c3ccccc3)c2)cc1OC. The summed E-state index contributed by atoms with van der Waals surface area (Å²) < 4.78 is 10.5. The second-order valence-electron chi connectivity index (χ2n) is 8.33. The van der Waals surface area contributed by atoms with Crippen LogP contribution in [0.5, 0.6) is 11.5 Å². The number of thioether (sulfide) groups is 1. The topological polar surface area (TPSA) is 114 Å². The van der Waals surface area contributed by atoms with E-state index < -0.39 is 11.2 Å². The van der Waals surface area contributed by atoms with Crippen molar-refractivity contribution in [2.45, 2.75) is 10.1 Å². The van der Waals surface area contributed by atoms with Crippen LogP contribution in [0.2, 0.25) is 0 Å². The minimum atomic E-state index is -1.04. The van der Waals surface area contributed by atoms with Crippen LogP contribution >= 0.6 is 11.8 Å². The zero-order valence-corrected chi connectivity index (χ0v) is 22.0. The van der Waals surface area contributed by atoms with Gasteiger partial charge in [-0.05, 0) is 66.2 Å². The van der Waals surface area contributed by atoms with Crippen molar-refractivity contribution in [3.05, 3.63) is 114 Å². The maximum atomic E-state index is 13.4. The number of benzene rings is 4. The molecule has 2 amide bonds. The largest absolute Gasteiger partial charge is 0.493 e. The van der Waals surface area contributed by atoms with Crippen LogP contribution in [0.3, 0.4) is 0 Å². The Bertz CT molecular complexity index is 1470. The Morgan fingerprint density at radius 2 is 1.41 bits per heavy atom. The molecule has 0 spiro atoms. The lowest BCUT2D eigenvalue weighted by Gasteiger charge is -2.18. The molecule has 4 aromatic rings. The van der Waals surface area contributed by atoms with E-state index in [1.165, 1.54) is 38.1 Å². The molecule has 4 rings (SSSR count). The first-order valence-electron chi connectivity index (χ1n) is 11.9. The molecule has 0 aliphatic heterocycles. The number of aromatic carboxylic acids is 1. The van der Waals surface area contributed by atoms with Crippen molar-refractivity contribution in [1.29, 1.82) is 0 Å². The van der Waals surface area contributed by atoms with E-state index in [4.69, 9.17) is 14.6 Å². The van der Waals surface area contributed by atoms with Crippen LogP contribution in [-0.2, 0) is 4.79 Å². The summed E-state index contributed by atoms with van der Waals surface area (Å²) in [6.45, 7) is 0. The molecule has 0 saturated heterocycles. The summed E-state index contributed by atoms with van der Waals surface area (Å²) in [5.74, 6) is -0.655. The van der Waals surface area contributed by atoms with Gasteiger partial charge in [0.05, 0.1) is 19.8 Å². The van der Waals surface area contributed by atoms with Crippen molar-refractivity contribution in [2.75, 3.05) is 24.9 Å². The van der Waals surface area contributed by atoms with Gasteiger partial charge in [-0.1, -0.05) is 36.4 Å². The number of ether oxygens (including phenoxy) is 2. The van der Waals surface area contributed by atoms with E-state index in [-0.39, 0.29) is 17.4 Å². The first kappa shape index (κ1) is 27.3. The van der Waals surface area contributed by atoms with Gasteiger partial charge in [-0.15, -0.1) is 11.8 Å². The van der Waals surface area contributed by atoms with Gasteiger partial charge >= 0.3 is 5.97 Å². The number of hydrogen-bond acceptors (Lipinski definition) is 6. The third kappa shape index (κ3) is 6.97. The maximum absolute atomic E-state index is 13.4. The number of carboxylic acids is 1. The second-order valence-corrected chi connectivity index (χ2v) is 9.51. The van der Waals surface area contributed by atoms with Gasteiger partial charge in [-0.25, -0.2) is 4.79 Å². The molecule has 8 nitrogen and oxygen atoms in total. The van der Waals surface area contributed by atoms with E-state index in [0.717, 1.165) is 10.5 Å². The molecular weight excluding hydrogens is 516 g/mol. The van der Waals surface area contributed by atoms with Gasteiger partial charge in [0.2, 0.25) is 5.91 Å². The highest BCUT2D eigenvalue weighted by atomic mass is 32.2. The Morgan fingerprint density at radius 1 is 0.718 bits per heavy atom. The number of nitrogens with one attached hydrogen (secondary N) is 2. The molecule has 0 aromatic heterocycles. The third-order valence-electron chi connectivity index (χ3n) is 5.73.